The lowest BCUT2D eigenvalue weighted by molar-refractivity contribution is 0.106. The highest BCUT2D eigenvalue weighted by Gasteiger charge is 2.18. The normalized spacial score (nSPS) is 11.3. The SMILES string of the molecule is Cc1ccccc1/C(=N\O)C(=O)c1ccc(Sc2ccccc2)cc1. The second-order valence-corrected chi connectivity index (χ2v) is 6.68. The van der Waals surface area contributed by atoms with E-state index in [1.165, 1.54) is 0 Å². The molecule has 0 spiro atoms. The number of oxime groups is 1. The van der Waals surface area contributed by atoms with E-state index in [2.05, 4.69) is 5.16 Å². The second kappa shape index (κ2) is 7.81. The Balaban J connectivity index is 1.82. The first-order valence-corrected chi connectivity index (χ1v) is 8.66. The highest BCUT2D eigenvalue weighted by molar-refractivity contribution is 7.99. The van der Waals surface area contributed by atoms with E-state index in [-0.39, 0.29) is 11.5 Å². The van der Waals surface area contributed by atoms with E-state index in [1.54, 1.807) is 30.0 Å². The highest BCUT2D eigenvalue weighted by Crippen LogP contribution is 2.27. The van der Waals surface area contributed by atoms with E-state index in [1.807, 2.05) is 67.6 Å². The molecule has 4 heteroatoms. The van der Waals surface area contributed by atoms with Crippen LogP contribution in [0.5, 0.6) is 0 Å². The van der Waals surface area contributed by atoms with Crippen molar-refractivity contribution in [3.8, 4) is 0 Å². The van der Waals surface area contributed by atoms with E-state index in [9.17, 15) is 10.0 Å². The van der Waals surface area contributed by atoms with Crippen LogP contribution in [0.25, 0.3) is 0 Å². The van der Waals surface area contributed by atoms with Crippen molar-refractivity contribution in [1.82, 2.24) is 0 Å². The van der Waals surface area contributed by atoms with Gasteiger partial charge in [0.1, 0.15) is 0 Å². The molecule has 0 saturated heterocycles. The number of hydrogen-bond acceptors (Lipinski definition) is 4. The van der Waals surface area contributed by atoms with E-state index in [0.29, 0.717) is 11.1 Å². The summed E-state index contributed by atoms with van der Waals surface area (Å²) in [5.41, 5.74) is 2.08. The zero-order valence-electron chi connectivity index (χ0n) is 13.7. The fourth-order valence-electron chi connectivity index (χ4n) is 2.50. The number of benzene rings is 3. The van der Waals surface area contributed by atoms with Gasteiger partial charge in [-0.2, -0.15) is 0 Å². The molecule has 0 amide bonds. The molecule has 1 N–H and O–H groups in total. The lowest BCUT2D eigenvalue weighted by Gasteiger charge is -2.08. The van der Waals surface area contributed by atoms with Crippen LogP contribution in [-0.2, 0) is 0 Å². The van der Waals surface area contributed by atoms with Crippen LogP contribution >= 0.6 is 11.8 Å². The molecule has 3 aromatic carbocycles. The average molecular weight is 347 g/mol. The number of rotatable bonds is 5. The molecule has 0 unspecified atom stereocenters. The smallest absolute Gasteiger partial charge is 0.215 e. The summed E-state index contributed by atoms with van der Waals surface area (Å²) >= 11 is 1.63. The zero-order valence-corrected chi connectivity index (χ0v) is 14.5. The molecule has 0 aliphatic carbocycles. The fraction of sp³-hybridized carbons (Fsp3) is 0.0476. The lowest BCUT2D eigenvalue weighted by atomic mass is 9.97. The Kier molecular flexibility index (Phi) is 5.31. The van der Waals surface area contributed by atoms with Gasteiger partial charge in [-0.15, -0.1) is 0 Å². The first kappa shape index (κ1) is 17.0. The van der Waals surface area contributed by atoms with Crippen LogP contribution in [0.15, 0.2) is 93.8 Å². The summed E-state index contributed by atoms with van der Waals surface area (Å²) < 4.78 is 0. The van der Waals surface area contributed by atoms with Crippen LogP contribution in [-0.4, -0.2) is 16.7 Å². The summed E-state index contributed by atoms with van der Waals surface area (Å²) in [6, 6.07) is 24.7. The largest absolute Gasteiger partial charge is 0.410 e. The van der Waals surface area contributed by atoms with Crippen molar-refractivity contribution in [3.63, 3.8) is 0 Å². The zero-order chi connectivity index (χ0) is 17.6. The molecule has 0 aliphatic heterocycles. The van der Waals surface area contributed by atoms with Crippen LogP contribution < -0.4 is 0 Å². The van der Waals surface area contributed by atoms with E-state index >= 15 is 0 Å². The third-order valence-electron chi connectivity index (χ3n) is 3.81. The van der Waals surface area contributed by atoms with Gasteiger partial charge in [-0.25, -0.2) is 0 Å². The molecule has 3 aromatic rings. The van der Waals surface area contributed by atoms with Crippen molar-refractivity contribution in [1.29, 1.82) is 0 Å². The predicted octanol–water partition coefficient (Wildman–Crippen LogP) is 5.21. The summed E-state index contributed by atoms with van der Waals surface area (Å²) in [7, 11) is 0. The summed E-state index contributed by atoms with van der Waals surface area (Å²) in [5, 5.41) is 12.6. The van der Waals surface area contributed by atoms with Crippen molar-refractivity contribution in [3.05, 3.63) is 95.6 Å². The predicted molar refractivity (Wildman–Crippen MR) is 101 cm³/mol. The molecule has 3 rings (SSSR count). The number of carbonyl (C=O) groups excluding carboxylic acids is 1. The van der Waals surface area contributed by atoms with Gasteiger partial charge in [0.25, 0.3) is 0 Å². The average Bonchev–Trinajstić information content (AvgIpc) is 2.65. The number of ketones is 1. The Morgan fingerprint density at radius 3 is 2.08 bits per heavy atom. The van der Waals surface area contributed by atoms with Crippen LogP contribution in [0.4, 0.5) is 0 Å². The molecule has 0 saturated carbocycles. The van der Waals surface area contributed by atoms with Crippen LogP contribution in [0, 0.1) is 6.92 Å². The third kappa shape index (κ3) is 3.98. The standard InChI is InChI=1S/C21H17NO2S/c1-15-7-5-6-10-19(15)20(22-24)21(23)16-11-13-18(14-12-16)25-17-8-3-2-4-9-17/h2-14,24H,1H3/b22-20+. The Labute approximate surface area is 151 Å². The number of hydrogen-bond donors (Lipinski definition) is 1. The summed E-state index contributed by atoms with van der Waals surface area (Å²) in [4.78, 5) is 14.9. The van der Waals surface area contributed by atoms with E-state index in [0.717, 1.165) is 15.4 Å². The number of carbonyl (C=O) groups is 1. The second-order valence-electron chi connectivity index (χ2n) is 5.53. The third-order valence-corrected chi connectivity index (χ3v) is 4.83. The summed E-state index contributed by atoms with van der Waals surface area (Å²) in [6.07, 6.45) is 0. The molecule has 3 nitrogen and oxygen atoms in total. The van der Waals surface area contributed by atoms with Gasteiger partial charge >= 0.3 is 0 Å². The van der Waals surface area contributed by atoms with Gasteiger partial charge in [0.15, 0.2) is 5.71 Å². The van der Waals surface area contributed by atoms with Crippen molar-refractivity contribution >= 4 is 23.3 Å². The van der Waals surface area contributed by atoms with Gasteiger partial charge in [0.05, 0.1) is 0 Å². The van der Waals surface area contributed by atoms with Gasteiger partial charge in [-0.3, -0.25) is 4.79 Å². The van der Waals surface area contributed by atoms with Crippen LogP contribution in [0.3, 0.4) is 0 Å². The fourth-order valence-corrected chi connectivity index (χ4v) is 3.33. The van der Waals surface area contributed by atoms with Crippen LogP contribution in [0.2, 0.25) is 0 Å². The van der Waals surface area contributed by atoms with E-state index < -0.39 is 0 Å². The molecular weight excluding hydrogens is 330 g/mol. The Morgan fingerprint density at radius 1 is 0.840 bits per heavy atom. The van der Waals surface area contributed by atoms with Gasteiger partial charge in [0.2, 0.25) is 5.78 Å². The van der Waals surface area contributed by atoms with Gasteiger partial charge < -0.3 is 5.21 Å². The Bertz CT molecular complexity index is 903. The molecular formula is C21H17NO2S. The van der Waals surface area contributed by atoms with Crippen molar-refractivity contribution in [2.45, 2.75) is 16.7 Å². The van der Waals surface area contributed by atoms with Gasteiger partial charge in [-0.1, -0.05) is 59.4 Å². The van der Waals surface area contributed by atoms with E-state index in [4.69, 9.17) is 0 Å². The number of nitrogens with zero attached hydrogens (tertiary/aromatic N) is 1. The minimum atomic E-state index is -0.298. The van der Waals surface area contributed by atoms with Gasteiger partial charge in [-0.05, 0) is 48.9 Å². The van der Waals surface area contributed by atoms with Crippen molar-refractivity contribution in [2.24, 2.45) is 5.16 Å². The first-order chi connectivity index (χ1) is 12.2. The minimum Gasteiger partial charge on any atom is -0.410 e. The topological polar surface area (TPSA) is 49.7 Å². The Hall–Kier alpha value is -2.85. The number of aryl methyl sites for hydroxylation is 1. The van der Waals surface area contributed by atoms with Crippen molar-refractivity contribution < 1.29 is 10.0 Å². The Morgan fingerprint density at radius 2 is 1.44 bits per heavy atom. The number of Topliss-reactive ketones (excluding diaryl/α,β-unsaturated/α-hetero) is 1. The van der Waals surface area contributed by atoms with Crippen molar-refractivity contribution in [2.75, 3.05) is 0 Å². The van der Waals surface area contributed by atoms with Crippen LogP contribution in [0.1, 0.15) is 21.5 Å². The molecule has 0 bridgehead atoms. The molecule has 124 valence electrons. The maximum Gasteiger partial charge on any atom is 0.215 e. The maximum atomic E-state index is 12.7. The molecule has 0 aliphatic rings. The molecule has 0 heterocycles. The maximum absolute atomic E-state index is 12.7. The minimum absolute atomic E-state index is 0.0570. The first-order valence-electron chi connectivity index (χ1n) is 7.85. The summed E-state index contributed by atoms with van der Waals surface area (Å²) in [5.74, 6) is -0.298. The summed E-state index contributed by atoms with van der Waals surface area (Å²) in [6.45, 7) is 1.88. The molecule has 25 heavy (non-hydrogen) atoms. The highest BCUT2D eigenvalue weighted by atomic mass is 32.2. The lowest BCUT2D eigenvalue weighted by Crippen LogP contribution is -2.17. The molecule has 0 radical (unpaired) electrons. The monoisotopic (exact) mass is 347 g/mol. The quantitative estimate of drug-likeness (QED) is 0.298. The molecule has 0 fully saturated rings. The molecule has 0 atom stereocenters. The van der Waals surface area contributed by atoms with Gasteiger partial charge in [0, 0.05) is 20.9 Å². The molecule has 0 aromatic heterocycles.